The van der Waals surface area contributed by atoms with Crippen LogP contribution in [0.2, 0.25) is 0 Å². The molecule has 0 amide bonds. The van der Waals surface area contributed by atoms with E-state index in [0.717, 1.165) is 11.3 Å². The molecule has 0 atom stereocenters. The maximum atomic E-state index is 11.3. The van der Waals surface area contributed by atoms with Gasteiger partial charge in [0.1, 0.15) is 0 Å². The third-order valence-electron chi connectivity index (χ3n) is 3.02. The fraction of sp³-hybridized carbons (Fsp3) is 0.133. The number of hydrogen-bond donors (Lipinski definition) is 2. The van der Waals surface area contributed by atoms with Crippen LogP contribution in [-0.4, -0.2) is 14.2 Å². The Hall–Kier alpha value is -2.18. The molecule has 0 radical (unpaired) electrons. The van der Waals surface area contributed by atoms with Crippen molar-refractivity contribution >= 4 is 21.5 Å². The molecule has 0 fully saturated rings. The zero-order valence-electron chi connectivity index (χ0n) is 11.5. The fourth-order valence-corrected chi connectivity index (χ4v) is 2.36. The first-order valence-corrected chi connectivity index (χ1v) is 7.87. The van der Waals surface area contributed by atoms with Gasteiger partial charge in [-0.25, -0.2) is 13.6 Å². The quantitative estimate of drug-likeness (QED) is 0.828. The fourth-order valence-electron chi connectivity index (χ4n) is 1.85. The molecule has 0 unspecified atom stereocenters. The predicted octanol–water partition coefficient (Wildman–Crippen LogP) is 2.15. The highest BCUT2D eigenvalue weighted by molar-refractivity contribution is 7.89. The van der Waals surface area contributed by atoms with Crippen molar-refractivity contribution in [2.24, 2.45) is 5.14 Å². The summed E-state index contributed by atoms with van der Waals surface area (Å²) >= 11 is 0. The number of rotatable bonds is 5. The van der Waals surface area contributed by atoms with Crippen LogP contribution in [0.15, 0.2) is 53.4 Å². The Morgan fingerprint density at radius 2 is 1.81 bits per heavy atom. The van der Waals surface area contributed by atoms with Gasteiger partial charge in [-0.15, -0.1) is 0 Å². The Balaban J connectivity index is 2.06. The number of primary sulfonamides is 1. The molecule has 5 nitrogen and oxygen atoms in total. The number of carbonyl (C=O) groups excluding carboxylic acids is 1. The van der Waals surface area contributed by atoms with Gasteiger partial charge in [0.15, 0.2) is 5.78 Å². The minimum Gasteiger partial charge on any atom is -0.381 e. The Bertz CT molecular complexity index is 753. The van der Waals surface area contributed by atoms with Crippen molar-refractivity contribution in [1.29, 1.82) is 0 Å². The van der Waals surface area contributed by atoms with E-state index in [-0.39, 0.29) is 10.7 Å². The molecular weight excluding hydrogens is 288 g/mol. The highest BCUT2D eigenvalue weighted by Gasteiger charge is 2.06. The van der Waals surface area contributed by atoms with Crippen LogP contribution in [0.5, 0.6) is 0 Å². The first-order chi connectivity index (χ1) is 9.86. The number of Topliss-reactive ketones (excluding diaryl/α,β-unsaturated/α-hetero) is 1. The second-order valence-electron chi connectivity index (χ2n) is 4.68. The molecule has 0 bridgehead atoms. The average Bonchev–Trinajstić information content (AvgIpc) is 2.45. The number of hydrogen-bond acceptors (Lipinski definition) is 4. The molecule has 21 heavy (non-hydrogen) atoms. The van der Waals surface area contributed by atoms with Crippen LogP contribution in [0.3, 0.4) is 0 Å². The number of nitrogens with one attached hydrogen (secondary N) is 1. The zero-order chi connectivity index (χ0) is 15.5. The smallest absolute Gasteiger partial charge is 0.238 e. The van der Waals surface area contributed by atoms with E-state index in [1.54, 1.807) is 24.3 Å². The number of sulfonamides is 1. The molecule has 3 N–H and O–H groups in total. The molecule has 6 heteroatoms. The molecule has 0 saturated carbocycles. The molecule has 0 heterocycles. The van der Waals surface area contributed by atoms with Crippen LogP contribution in [0, 0.1) is 0 Å². The van der Waals surface area contributed by atoms with Gasteiger partial charge < -0.3 is 5.32 Å². The lowest BCUT2D eigenvalue weighted by atomic mass is 10.1. The molecule has 0 spiro atoms. The Kier molecular flexibility index (Phi) is 4.40. The second-order valence-corrected chi connectivity index (χ2v) is 6.24. The van der Waals surface area contributed by atoms with Gasteiger partial charge in [0.2, 0.25) is 10.0 Å². The van der Waals surface area contributed by atoms with Gasteiger partial charge in [0.05, 0.1) is 4.90 Å². The zero-order valence-corrected chi connectivity index (χ0v) is 12.4. The highest BCUT2D eigenvalue weighted by atomic mass is 32.2. The molecule has 110 valence electrons. The topological polar surface area (TPSA) is 89.3 Å². The maximum Gasteiger partial charge on any atom is 0.238 e. The number of benzene rings is 2. The summed E-state index contributed by atoms with van der Waals surface area (Å²) in [6.07, 6.45) is 0. The summed E-state index contributed by atoms with van der Waals surface area (Å²) in [6.45, 7) is 2.04. The van der Waals surface area contributed by atoms with E-state index in [9.17, 15) is 13.2 Å². The Labute approximate surface area is 123 Å². The molecule has 2 rings (SSSR count). The van der Waals surface area contributed by atoms with Gasteiger partial charge in [-0.05, 0) is 36.8 Å². The largest absolute Gasteiger partial charge is 0.381 e. The van der Waals surface area contributed by atoms with E-state index in [1.165, 1.54) is 19.1 Å². The van der Waals surface area contributed by atoms with E-state index in [0.29, 0.717) is 12.1 Å². The van der Waals surface area contributed by atoms with Crippen molar-refractivity contribution in [3.8, 4) is 0 Å². The standard InChI is InChI=1S/C15H16N2O3S/c1-11(18)13-3-2-4-14(9-13)17-10-12-5-7-15(8-6-12)21(16,19)20/h2-9,17H,10H2,1H3,(H2,16,19,20). The van der Waals surface area contributed by atoms with Crippen molar-refractivity contribution in [2.45, 2.75) is 18.4 Å². The maximum absolute atomic E-state index is 11.3. The highest BCUT2D eigenvalue weighted by Crippen LogP contribution is 2.14. The van der Waals surface area contributed by atoms with Crippen LogP contribution < -0.4 is 10.5 Å². The lowest BCUT2D eigenvalue weighted by Crippen LogP contribution is -2.12. The van der Waals surface area contributed by atoms with Crippen LogP contribution in [-0.2, 0) is 16.6 Å². The van der Waals surface area contributed by atoms with Crippen molar-refractivity contribution < 1.29 is 13.2 Å². The van der Waals surface area contributed by atoms with E-state index >= 15 is 0 Å². The van der Waals surface area contributed by atoms with Crippen LogP contribution >= 0.6 is 0 Å². The van der Waals surface area contributed by atoms with Gasteiger partial charge in [-0.1, -0.05) is 24.3 Å². The van der Waals surface area contributed by atoms with Crippen molar-refractivity contribution in [1.82, 2.24) is 0 Å². The molecular formula is C15H16N2O3S. The Morgan fingerprint density at radius 1 is 1.14 bits per heavy atom. The average molecular weight is 304 g/mol. The summed E-state index contributed by atoms with van der Waals surface area (Å²) in [5, 5.41) is 8.22. The molecule has 2 aromatic rings. The number of nitrogens with two attached hydrogens (primary N) is 1. The Morgan fingerprint density at radius 3 is 2.38 bits per heavy atom. The summed E-state index contributed by atoms with van der Waals surface area (Å²) in [5.41, 5.74) is 2.39. The van der Waals surface area contributed by atoms with Crippen LogP contribution in [0.1, 0.15) is 22.8 Å². The summed E-state index contributed by atoms with van der Waals surface area (Å²) in [7, 11) is -3.66. The van der Waals surface area contributed by atoms with Crippen LogP contribution in [0.4, 0.5) is 5.69 Å². The molecule has 0 aromatic heterocycles. The minimum absolute atomic E-state index is 0.0103. The third-order valence-corrected chi connectivity index (χ3v) is 3.95. The minimum atomic E-state index is -3.66. The predicted molar refractivity (Wildman–Crippen MR) is 81.6 cm³/mol. The van der Waals surface area contributed by atoms with Gasteiger partial charge in [-0.3, -0.25) is 4.79 Å². The first kappa shape index (κ1) is 15.2. The first-order valence-electron chi connectivity index (χ1n) is 6.33. The van der Waals surface area contributed by atoms with Gasteiger partial charge in [-0.2, -0.15) is 0 Å². The normalized spacial score (nSPS) is 11.1. The molecule has 0 saturated heterocycles. The van der Waals surface area contributed by atoms with Crippen LogP contribution in [0.25, 0.3) is 0 Å². The van der Waals surface area contributed by atoms with E-state index in [2.05, 4.69) is 5.32 Å². The second kappa shape index (κ2) is 6.07. The van der Waals surface area contributed by atoms with E-state index in [1.807, 2.05) is 12.1 Å². The SMILES string of the molecule is CC(=O)c1cccc(NCc2ccc(S(N)(=O)=O)cc2)c1. The lowest BCUT2D eigenvalue weighted by Gasteiger charge is -2.08. The monoisotopic (exact) mass is 304 g/mol. The molecule has 2 aromatic carbocycles. The molecule has 0 aliphatic heterocycles. The van der Waals surface area contributed by atoms with Crippen molar-refractivity contribution in [3.05, 3.63) is 59.7 Å². The van der Waals surface area contributed by atoms with E-state index in [4.69, 9.17) is 5.14 Å². The van der Waals surface area contributed by atoms with Crippen molar-refractivity contribution in [2.75, 3.05) is 5.32 Å². The molecule has 0 aliphatic rings. The third kappa shape index (κ3) is 4.14. The summed E-state index contributed by atoms with van der Waals surface area (Å²) in [4.78, 5) is 11.4. The number of anilines is 1. The number of carbonyl (C=O) groups is 1. The number of ketones is 1. The van der Waals surface area contributed by atoms with Gasteiger partial charge >= 0.3 is 0 Å². The molecule has 0 aliphatic carbocycles. The summed E-state index contributed by atoms with van der Waals surface area (Å²) < 4.78 is 22.3. The lowest BCUT2D eigenvalue weighted by molar-refractivity contribution is 0.101. The van der Waals surface area contributed by atoms with Crippen molar-refractivity contribution in [3.63, 3.8) is 0 Å². The van der Waals surface area contributed by atoms with Gasteiger partial charge in [0.25, 0.3) is 0 Å². The van der Waals surface area contributed by atoms with E-state index < -0.39 is 10.0 Å². The summed E-state index contributed by atoms with van der Waals surface area (Å²) in [6, 6.07) is 13.5. The summed E-state index contributed by atoms with van der Waals surface area (Å²) in [5.74, 6) is 0.0103. The van der Waals surface area contributed by atoms with Gasteiger partial charge in [0, 0.05) is 17.8 Å².